The van der Waals surface area contributed by atoms with Crippen molar-refractivity contribution in [3.05, 3.63) is 0 Å². The molecule has 3 rings (SSSR count). The van der Waals surface area contributed by atoms with Gasteiger partial charge in [0.2, 0.25) is 5.91 Å². The molecule has 0 aromatic rings. The van der Waals surface area contributed by atoms with Crippen molar-refractivity contribution in [2.75, 3.05) is 33.3 Å². The lowest BCUT2D eigenvalue weighted by Crippen LogP contribution is -2.53. The van der Waals surface area contributed by atoms with Gasteiger partial charge in [-0.3, -0.25) is 9.69 Å². The van der Waals surface area contributed by atoms with Crippen molar-refractivity contribution in [1.82, 2.24) is 9.80 Å². The van der Waals surface area contributed by atoms with Crippen LogP contribution in [0.2, 0.25) is 0 Å². The van der Waals surface area contributed by atoms with Gasteiger partial charge in [0.15, 0.2) is 0 Å². The van der Waals surface area contributed by atoms with Crippen LogP contribution in [0.4, 0.5) is 0 Å². The number of carbonyl (C=O) groups is 1. The smallest absolute Gasteiger partial charge is 0.237 e. The minimum absolute atomic E-state index is 0.377. The van der Waals surface area contributed by atoms with Crippen LogP contribution >= 0.6 is 0 Å². The summed E-state index contributed by atoms with van der Waals surface area (Å²) in [4.78, 5) is 17.3. The molecule has 21 heavy (non-hydrogen) atoms. The summed E-state index contributed by atoms with van der Waals surface area (Å²) in [7, 11) is 1.79. The zero-order valence-electron chi connectivity index (χ0n) is 13.4. The second-order valence-electron chi connectivity index (χ2n) is 7.05. The molecular weight excluding hydrogens is 264 g/mol. The van der Waals surface area contributed by atoms with Gasteiger partial charge in [-0.05, 0) is 44.4 Å². The average molecular weight is 294 g/mol. The lowest BCUT2D eigenvalue weighted by Gasteiger charge is -2.45. The molecule has 0 radical (unpaired) electrons. The summed E-state index contributed by atoms with van der Waals surface area (Å²) >= 11 is 0. The van der Waals surface area contributed by atoms with E-state index in [0.29, 0.717) is 24.6 Å². The fourth-order valence-electron chi connectivity index (χ4n) is 4.52. The van der Waals surface area contributed by atoms with E-state index in [4.69, 9.17) is 4.74 Å². The zero-order chi connectivity index (χ0) is 14.7. The highest BCUT2D eigenvalue weighted by Crippen LogP contribution is 2.35. The van der Waals surface area contributed by atoms with Gasteiger partial charge in [-0.1, -0.05) is 12.8 Å². The van der Waals surface area contributed by atoms with Crippen LogP contribution in [0.3, 0.4) is 0 Å². The number of amides is 1. The number of hydrogen-bond acceptors (Lipinski definition) is 3. The van der Waals surface area contributed by atoms with Crippen molar-refractivity contribution in [2.24, 2.45) is 5.92 Å². The van der Waals surface area contributed by atoms with Crippen LogP contribution in [-0.2, 0) is 9.53 Å². The lowest BCUT2D eigenvalue weighted by atomic mass is 9.78. The maximum atomic E-state index is 12.7. The van der Waals surface area contributed by atoms with Crippen LogP contribution < -0.4 is 0 Å². The molecule has 0 aromatic heterocycles. The van der Waals surface area contributed by atoms with Gasteiger partial charge in [-0.2, -0.15) is 0 Å². The van der Waals surface area contributed by atoms with Crippen molar-refractivity contribution in [1.29, 1.82) is 0 Å². The summed E-state index contributed by atoms with van der Waals surface area (Å²) < 4.78 is 5.41. The Labute approximate surface area is 128 Å². The summed E-state index contributed by atoms with van der Waals surface area (Å²) in [6.07, 6.45) is 10.3. The topological polar surface area (TPSA) is 32.8 Å². The fraction of sp³-hybridized carbons (Fsp3) is 0.941. The highest BCUT2D eigenvalue weighted by molar-refractivity contribution is 5.78. The highest BCUT2D eigenvalue weighted by atomic mass is 16.5. The molecule has 2 atom stereocenters. The van der Waals surface area contributed by atoms with E-state index in [1.165, 1.54) is 38.5 Å². The molecule has 3 aliphatic rings. The molecule has 0 aromatic carbocycles. The summed E-state index contributed by atoms with van der Waals surface area (Å²) in [5.74, 6) is 1.16. The summed E-state index contributed by atoms with van der Waals surface area (Å²) in [5, 5.41) is 0. The third-order valence-electron chi connectivity index (χ3n) is 5.79. The minimum Gasteiger partial charge on any atom is -0.381 e. The Balaban J connectivity index is 1.52. The van der Waals surface area contributed by atoms with Crippen LogP contribution in [0, 0.1) is 5.92 Å². The Morgan fingerprint density at radius 2 is 1.71 bits per heavy atom. The van der Waals surface area contributed by atoms with Crippen LogP contribution in [0.5, 0.6) is 0 Å². The van der Waals surface area contributed by atoms with E-state index >= 15 is 0 Å². The van der Waals surface area contributed by atoms with E-state index < -0.39 is 0 Å². The van der Waals surface area contributed by atoms with E-state index in [1.54, 1.807) is 7.11 Å². The van der Waals surface area contributed by atoms with Gasteiger partial charge in [0.1, 0.15) is 0 Å². The number of hydrogen-bond donors (Lipinski definition) is 0. The number of fused-ring (bicyclic) bond motifs is 1. The predicted molar refractivity (Wildman–Crippen MR) is 83.2 cm³/mol. The molecule has 2 aliphatic heterocycles. The Morgan fingerprint density at radius 1 is 1.00 bits per heavy atom. The number of nitrogens with zero attached hydrogens (tertiary/aromatic N) is 2. The van der Waals surface area contributed by atoms with Crippen LogP contribution in [0.15, 0.2) is 0 Å². The molecule has 4 nitrogen and oxygen atoms in total. The van der Waals surface area contributed by atoms with Crippen LogP contribution in [-0.4, -0.2) is 61.1 Å². The number of ether oxygens (including phenoxy) is 1. The second-order valence-corrected chi connectivity index (χ2v) is 7.05. The van der Waals surface area contributed by atoms with Gasteiger partial charge in [0.25, 0.3) is 0 Å². The van der Waals surface area contributed by atoms with Crippen molar-refractivity contribution in [2.45, 2.75) is 63.5 Å². The van der Waals surface area contributed by atoms with Crippen molar-refractivity contribution < 1.29 is 9.53 Å². The minimum atomic E-state index is 0.377. The lowest BCUT2D eigenvalue weighted by molar-refractivity contribution is -0.139. The molecule has 3 fully saturated rings. The van der Waals surface area contributed by atoms with Crippen LogP contribution in [0.1, 0.15) is 51.4 Å². The van der Waals surface area contributed by atoms with Crippen LogP contribution in [0.25, 0.3) is 0 Å². The summed E-state index contributed by atoms with van der Waals surface area (Å²) in [5.41, 5.74) is 0. The molecule has 1 amide bonds. The normalized spacial score (nSPS) is 32.0. The van der Waals surface area contributed by atoms with Crippen molar-refractivity contribution >= 4 is 5.91 Å². The molecule has 120 valence electrons. The Bertz CT molecular complexity index is 351. The summed E-state index contributed by atoms with van der Waals surface area (Å²) in [6, 6.07) is 0.552. The molecule has 1 aliphatic carbocycles. The van der Waals surface area contributed by atoms with Crippen molar-refractivity contribution in [3.8, 4) is 0 Å². The van der Waals surface area contributed by atoms with E-state index in [0.717, 1.165) is 38.4 Å². The number of piperidine rings is 2. The Morgan fingerprint density at radius 3 is 2.48 bits per heavy atom. The van der Waals surface area contributed by atoms with E-state index in [-0.39, 0.29) is 0 Å². The van der Waals surface area contributed by atoms with E-state index in [2.05, 4.69) is 9.80 Å². The number of carbonyl (C=O) groups excluding carboxylic acids is 1. The first-order valence-electron chi connectivity index (χ1n) is 8.82. The standard InChI is InChI=1S/C17H30N2O2/c1-21-15-8-11-18(12-9-15)13-17(20)19-10-4-6-14-5-2-3-7-16(14)19/h14-16H,2-13H2,1H3/t14-,16-/m0/s1. The molecule has 1 saturated carbocycles. The first-order chi connectivity index (χ1) is 10.3. The molecule has 0 unspecified atom stereocenters. The first-order valence-corrected chi connectivity index (χ1v) is 8.82. The molecule has 0 bridgehead atoms. The maximum Gasteiger partial charge on any atom is 0.237 e. The first kappa shape index (κ1) is 15.3. The Kier molecular flexibility index (Phi) is 5.17. The van der Waals surface area contributed by atoms with E-state index in [9.17, 15) is 4.79 Å². The third kappa shape index (κ3) is 3.59. The number of rotatable bonds is 3. The third-order valence-corrected chi connectivity index (χ3v) is 5.79. The van der Waals surface area contributed by atoms with Gasteiger partial charge >= 0.3 is 0 Å². The molecule has 2 heterocycles. The molecular formula is C17H30N2O2. The highest BCUT2D eigenvalue weighted by Gasteiger charge is 2.36. The second kappa shape index (κ2) is 7.10. The Hall–Kier alpha value is -0.610. The zero-order valence-corrected chi connectivity index (χ0v) is 13.4. The maximum absolute atomic E-state index is 12.7. The van der Waals surface area contributed by atoms with Crippen molar-refractivity contribution in [3.63, 3.8) is 0 Å². The number of likely N-dealkylation sites (tertiary alicyclic amines) is 2. The van der Waals surface area contributed by atoms with Gasteiger partial charge in [0.05, 0.1) is 12.6 Å². The predicted octanol–water partition coefficient (Wildman–Crippen LogP) is 2.28. The SMILES string of the molecule is COC1CCN(CC(=O)N2CCC[C@@H]3CCCC[C@@H]32)CC1. The number of methoxy groups -OCH3 is 1. The summed E-state index contributed by atoms with van der Waals surface area (Å²) in [6.45, 7) is 3.63. The van der Waals surface area contributed by atoms with Gasteiger partial charge in [-0.15, -0.1) is 0 Å². The molecule has 4 heteroatoms. The van der Waals surface area contributed by atoms with Gasteiger partial charge in [-0.25, -0.2) is 0 Å². The largest absolute Gasteiger partial charge is 0.381 e. The fourth-order valence-corrected chi connectivity index (χ4v) is 4.52. The van der Waals surface area contributed by atoms with E-state index in [1.807, 2.05) is 0 Å². The quantitative estimate of drug-likeness (QED) is 0.800. The van der Waals surface area contributed by atoms with Gasteiger partial charge < -0.3 is 9.64 Å². The molecule has 2 saturated heterocycles. The average Bonchev–Trinajstić information content (AvgIpc) is 2.55. The molecule has 0 N–H and O–H groups in total. The molecule has 0 spiro atoms. The van der Waals surface area contributed by atoms with Gasteiger partial charge in [0, 0.05) is 32.8 Å². The monoisotopic (exact) mass is 294 g/mol.